The lowest BCUT2D eigenvalue weighted by Gasteiger charge is -2.25. The van der Waals surface area contributed by atoms with Crippen LogP contribution in [0.4, 0.5) is 0 Å². The molecule has 0 rings (SSSR count). The van der Waals surface area contributed by atoms with E-state index in [1.54, 1.807) is 0 Å². The van der Waals surface area contributed by atoms with Crippen LogP contribution in [-0.2, 0) is 19.1 Å². The number of aliphatic hydroxyl groups excluding tert-OH is 1. The fourth-order valence-electron chi connectivity index (χ4n) is 7.18. The van der Waals surface area contributed by atoms with Crippen molar-refractivity contribution in [3.63, 3.8) is 0 Å². The Labute approximate surface area is 322 Å². The van der Waals surface area contributed by atoms with Crippen LogP contribution in [0.2, 0.25) is 0 Å². The number of hydrogen-bond donors (Lipinski definition) is 3. The molecule has 0 aromatic rings. The van der Waals surface area contributed by atoms with Crippen molar-refractivity contribution in [2.75, 3.05) is 19.7 Å². The third kappa shape index (κ3) is 34.6. The summed E-state index contributed by atoms with van der Waals surface area (Å²) >= 11 is 0. The van der Waals surface area contributed by atoms with E-state index in [1.807, 2.05) is 6.92 Å². The molecule has 0 aliphatic carbocycles. The molecule has 52 heavy (non-hydrogen) atoms. The highest BCUT2D eigenvalue weighted by atomic mass is 16.5. The van der Waals surface area contributed by atoms with E-state index in [0.29, 0.717) is 19.4 Å². The van der Waals surface area contributed by atoms with Gasteiger partial charge in [-0.3, -0.25) is 9.59 Å². The number of nitrogens with one attached hydrogen (secondary N) is 1. The molecule has 0 aliphatic rings. The molecule has 7 heteroatoms. The summed E-state index contributed by atoms with van der Waals surface area (Å²) in [6.45, 7) is 11.0. The van der Waals surface area contributed by atoms with Crippen LogP contribution in [0.5, 0.6) is 0 Å². The highest BCUT2D eigenvalue weighted by Crippen LogP contribution is 2.25. The van der Waals surface area contributed by atoms with E-state index >= 15 is 0 Å². The normalized spacial score (nSPS) is 12.8. The average Bonchev–Trinajstić information content (AvgIpc) is 3.13. The van der Waals surface area contributed by atoms with E-state index < -0.39 is 6.29 Å². The van der Waals surface area contributed by atoms with Crippen molar-refractivity contribution in [2.24, 2.45) is 11.8 Å². The third-order valence-electron chi connectivity index (χ3n) is 10.9. The number of rotatable bonds is 41. The zero-order valence-electron chi connectivity index (χ0n) is 35.1. The first-order valence-electron chi connectivity index (χ1n) is 22.8. The Bertz CT molecular complexity index is 746. The zero-order valence-corrected chi connectivity index (χ0v) is 35.1. The summed E-state index contributed by atoms with van der Waals surface area (Å²) in [5, 5.41) is 23.2. The van der Waals surface area contributed by atoms with Crippen LogP contribution in [-0.4, -0.2) is 54.2 Å². The van der Waals surface area contributed by atoms with Crippen LogP contribution < -0.4 is 5.32 Å². The van der Waals surface area contributed by atoms with Crippen molar-refractivity contribution in [1.29, 1.82) is 0 Å². The van der Waals surface area contributed by atoms with Crippen LogP contribution in [0, 0.1) is 11.8 Å². The monoisotopic (exact) mass is 740 g/mol. The highest BCUT2D eigenvalue weighted by molar-refractivity contribution is 5.69. The summed E-state index contributed by atoms with van der Waals surface area (Å²) in [5.74, 6) is -0.101. The highest BCUT2D eigenvalue weighted by Gasteiger charge is 2.22. The van der Waals surface area contributed by atoms with Gasteiger partial charge in [-0.15, -0.1) is 0 Å². The number of unbranched alkanes of at least 4 members (excludes halogenated alkanes) is 21. The molecular formula is C45H89NO6. The maximum Gasteiger partial charge on any atom is 0.306 e. The fourth-order valence-corrected chi connectivity index (χ4v) is 7.18. The number of hydrogen-bond acceptors (Lipinski definition) is 7. The Morgan fingerprint density at radius 1 is 0.500 bits per heavy atom. The second kappa shape index (κ2) is 39.5. The Kier molecular flexibility index (Phi) is 38.6. The summed E-state index contributed by atoms with van der Waals surface area (Å²) in [7, 11) is 0. The number of aliphatic hydroxyl groups is 2. The fraction of sp³-hybridized carbons (Fsp3) is 0.956. The minimum Gasteiger partial charge on any atom is -0.466 e. The first-order valence-corrected chi connectivity index (χ1v) is 22.8. The van der Waals surface area contributed by atoms with Gasteiger partial charge < -0.3 is 25.0 Å². The molecular weight excluding hydrogens is 650 g/mol. The lowest BCUT2D eigenvalue weighted by atomic mass is 9.86. The van der Waals surface area contributed by atoms with E-state index in [2.05, 4.69) is 26.1 Å². The molecule has 0 spiro atoms. The number of ether oxygens (including phenoxy) is 2. The van der Waals surface area contributed by atoms with Crippen LogP contribution in [0.25, 0.3) is 0 Å². The molecule has 3 N–H and O–H groups in total. The maximum atomic E-state index is 12.7. The van der Waals surface area contributed by atoms with Crippen LogP contribution >= 0.6 is 0 Å². The number of carbonyl (C=O) groups excluding carboxylic acids is 2. The van der Waals surface area contributed by atoms with Crippen molar-refractivity contribution >= 4 is 11.9 Å². The Morgan fingerprint density at radius 3 is 1.50 bits per heavy atom. The molecule has 7 nitrogen and oxygen atoms in total. The van der Waals surface area contributed by atoms with E-state index in [4.69, 9.17) is 9.47 Å². The van der Waals surface area contributed by atoms with Gasteiger partial charge in [0.1, 0.15) is 6.10 Å². The first kappa shape index (κ1) is 50.8. The van der Waals surface area contributed by atoms with Gasteiger partial charge in [0.2, 0.25) is 0 Å². The molecule has 0 radical (unpaired) electrons. The van der Waals surface area contributed by atoms with Gasteiger partial charge >= 0.3 is 11.9 Å². The summed E-state index contributed by atoms with van der Waals surface area (Å²) < 4.78 is 11.4. The lowest BCUT2D eigenvalue weighted by molar-refractivity contribution is -0.150. The molecule has 0 fully saturated rings. The third-order valence-corrected chi connectivity index (χ3v) is 10.9. The van der Waals surface area contributed by atoms with Gasteiger partial charge in [-0.2, -0.15) is 0 Å². The molecule has 0 saturated carbocycles. The van der Waals surface area contributed by atoms with E-state index in [0.717, 1.165) is 96.6 Å². The van der Waals surface area contributed by atoms with Gasteiger partial charge in [0, 0.05) is 18.8 Å². The Morgan fingerprint density at radius 2 is 0.942 bits per heavy atom. The van der Waals surface area contributed by atoms with Crippen molar-refractivity contribution in [3.8, 4) is 0 Å². The maximum absolute atomic E-state index is 12.7. The predicted octanol–water partition coefficient (Wildman–Crippen LogP) is 12.1. The van der Waals surface area contributed by atoms with Gasteiger partial charge in [-0.05, 0) is 83.2 Å². The summed E-state index contributed by atoms with van der Waals surface area (Å²) in [5.41, 5.74) is 0. The molecule has 0 aliphatic heterocycles. The van der Waals surface area contributed by atoms with Crippen molar-refractivity contribution in [1.82, 2.24) is 5.32 Å². The largest absolute Gasteiger partial charge is 0.466 e. The van der Waals surface area contributed by atoms with Crippen LogP contribution in [0.15, 0.2) is 0 Å². The van der Waals surface area contributed by atoms with Gasteiger partial charge in [-0.25, -0.2) is 0 Å². The minimum atomic E-state index is -1.32. The second-order valence-corrected chi connectivity index (χ2v) is 15.9. The Hall–Kier alpha value is -1.18. The van der Waals surface area contributed by atoms with E-state index in [1.165, 1.54) is 109 Å². The Balaban J connectivity index is 4.09. The predicted molar refractivity (Wildman–Crippen MR) is 219 cm³/mol. The number of carbonyl (C=O) groups is 2. The van der Waals surface area contributed by atoms with Gasteiger partial charge in [-0.1, -0.05) is 156 Å². The molecule has 0 amide bonds. The summed E-state index contributed by atoms with van der Waals surface area (Å²) in [4.78, 5) is 24.8. The summed E-state index contributed by atoms with van der Waals surface area (Å²) in [6, 6.07) is 0. The van der Waals surface area contributed by atoms with Crippen LogP contribution in [0.3, 0.4) is 0 Å². The molecule has 310 valence electrons. The average molecular weight is 740 g/mol. The zero-order chi connectivity index (χ0) is 38.3. The topological polar surface area (TPSA) is 105 Å². The van der Waals surface area contributed by atoms with Gasteiger partial charge in [0.25, 0.3) is 0 Å². The van der Waals surface area contributed by atoms with E-state index in [9.17, 15) is 19.8 Å². The minimum absolute atomic E-state index is 0.000789. The van der Waals surface area contributed by atoms with E-state index in [-0.39, 0.29) is 29.9 Å². The van der Waals surface area contributed by atoms with Crippen molar-refractivity contribution in [2.45, 2.75) is 246 Å². The van der Waals surface area contributed by atoms with Crippen molar-refractivity contribution in [3.05, 3.63) is 0 Å². The molecule has 0 saturated heterocycles. The molecule has 0 heterocycles. The smallest absolute Gasteiger partial charge is 0.306 e. The molecule has 2 unspecified atom stereocenters. The number of esters is 2. The molecule has 0 bridgehead atoms. The second-order valence-electron chi connectivity index (χ2n) is 15.9. The quantitative estimate of drug-likeness (QED) is 0.0326. The molecule has 2 atom stereocenters. The van der Waals surface area contributed by atoms with Gasteiger partial charge in [0.15, 0.2) is 6.29 Å². The standard InChI is InChI=1S/C45H89NO6/c1-5-8-11-14-17-23-30-39-51-43(47)34-28-27-31-41(40(4)45(49)50)36-38-46-37-29-22-18-21-26-35-44(48)52-42(32-24-19-15-12-9-6-2)33-25-20-16-13-10-7-3/h40-42,45-46,49-50H,5-39H2,1-4H3. The lowest BCUT2D eigenvalue weighted by Crippen LogP contribution is -2.28. The summed E-state index contributed by atoms with van der Waals surface area (Å²) in [6.07, 6.45) is 34.4. The molecule has 0 aromatic heterocycles. The first-order chi connectivity index (χ1) is 25.3. The van der Waals surface area contributed by atoms with Crippen molar-refractivity contribution < 1.29 is 29.3 Å². The molecule has 0 aromatic carbocycles. The SMILES string of the molecule is CCCCCCCCCOC(=O)CCCCC(CCNCCCCCCCC(=O)OC(CCCCCCCC)CCCCCCCC)C(C)C(O)O. The van der Waals surface area contributed by atoms with Crippen LogP contribution in [0.1, 0.15) is 233 Å². The van der Waals surface area contributed by atoms with Gasteiger partial charge in [0.05, 0.1) is 6.61 Å².